The first-order valence-electron chi connectivity index (χ1n) is 6.30. The van der Waals surface area contributed by atoms with Crippen molar-refractivity contribution in [3.05, 3.63) is 35.9 Å². The number of likely N-dealkylation sites (N-methyl/N-ethyl adjacent to an activating group) is 1. The van der Waals surface area contributed by atoms with Crippen molar-refractivity contribution in [2.24, 2.45) is 11.7 Å². The van der Waals surface area contributed by atoms with E-state index in [-0.39, 0.29) is 17.9 Å². The largest absolute Gasteiger partial charge is 0.342 e. The number of hydrogen-bond acceptors (Lipinski definition) is 2. The number of carbonyl (C=O) groups is 1. The maximum atomic E-state index is 12.0. The van der Waals surface area contributed by atoms with Gasteiger partial charge < -0.3 is 10.6 Å². The number of rotatable bonds is 5. The van der Waals surface area contributed by atoms with Gasteiger partial charge in [-0.05, 0) is 25.3 Å². The van der Waals surface area contributed by atoms with Crippen LogP contribution in [0.25, 0.3) is 0 Å². The van der Waals surface area contributed by atoms with Gasteiger partial charge in [0, 0.05) is 19.1 Å². The predicted molar refractivity (Wildman–Crippen MR) is 68.5 cm³/mol. The standard InChI is InChI=1S/C14H20N2O/c1-2-16(14(17)12-10-13(12)15)9-8-11-6-4-3-5-7-11/h3-7,12-13H,2,8-10,15H2,1H3. The van der Waals surface area contributed by atoms with Gasteiger partial charge in [-0.25, -0.2) is 0 Å². The van der Waals surface area contributed by atoms with Gasteiger partial charge in [-0.15, -0.1) is 0 Å². The van der Waals surface area contributed by atoms with Crippen molar-refractivity contribution in [3.8, 4) is 0 Å². The molecule has 0 bridgehead atoms. The molecule has 0 aliphatic heterocycles. The van der Waals surface area contributed by atoms with Gasteiger partial charge in [0.15, 0.2) is 0 Å². The zero-order valence-electron chi connectivity index (χ0n) is 10.3. The number of benzene rings is 1. The average molecular weight is 232 g/mol. The topological polar surface area (TPSA) is 46.3 Å². The van der Waals surface area contributed by atoms with E-state index in [0.717, 1.165) is 25.9 Å². The molecule has 17 heavy (non-hydrogen) atoms. The lowest BCUT2D eigenvalue weighted by Gasteiger charge is -2.21. The average Bonchev–Trinajstić information content (AvgIpc) is 3.08. The molecule has 0 spiro atoms. The first-order chi connectivity index (χ1) is 8.22. The zero-order valence-corrected chi connectivity index (χ0v) is 10.3. The second kappa shape index (κ2) is 5.32. The Morgan fingerprint density at radius 1 is 1.41 bits per heavy atom. The van der Waals surface area contributed by atoms with Crippen LogP contribution in [0.15, 0.2) is 30.3 Å². The summed E-state index contributed by atoms with van der Waals surface area (Å²) in [5, 5.41) is 0. The molecule has 1 saturated carbocycles. The van der Waals surface area contributed by atoms with Gasteiger partial charge in [-0.3, -0.25) is 4.79 Å². The van der Waals surface area contributed by atoms with E-state index in [0.29, 0.717) is 0 Å². The molecule has 3 heteroatoms. The van der Waals surface area contributed by atoms with Crippen molar-refractivity contribution in [1.29, 1.82) is 0 Å². The zero-order chi connectivity index (χ0) is 12.3. The molecule has 0 saturated heterocycles. The first-order valence-corrected chi connectivity index (χ1v) is 6.30. The van der Waals surface area contributed by atoms with Crippen molar-refractivity contribution in [3.63, 3.8) is 0 Å². The molecule has 1 aliphatic rings. The Kier molecular flexibility index (Phi) is 3.79. The fraction of sp³-hybridized carbons (Fsp3) is 0.500. The van der Waals surface area contributed by atoms with Gasteiger partial charge in [0.05, 0.1) is 5.92 Å². The molecular weight excluding hydrogens is 212 g/mol. The summed E-state index contributed by atoms with van der Waals surface area (Å²) in [6, 6.07) is 10.4. The van der Waals surface area contributed by atoms with E-state index < -0.39 is 0 Å². The number of nitrogens with zero attached hydrogens (tertiary/aromatic N) is 1. The van der Waals surface area contributed by atoms with E-state index >= 15 is 0 Å². The highest BCUT2D eigenvalue weighted by Crippen LogP contribution is 2.29. The smallest absolute Gasteiger partial charge is 0.227 e. The first kappa shape index (κ1) is 12.1. The quantitative estimate of drug-likeness (QED) is 0.834. The van der Waals surface area contributed by atoms with Crippen LogP contribution in [-0.2, 0) is 11.2 Å². The highest BCUT2D eigenvalue weighted by Gasteiger charge is 2.41. The van der Waals surface area contributed by atoms with E-state index in [1.165, 1.54) is 5.56 Å². The van der Waals surface area contributed by atoms with E-state index in [1.54, 1.807) is 0 Å². The van der Waals surface area contributed by atoms with Crippen molar-refractivity contribution < 1.29 is 4.79 Å². The second-order valence-electron chi connectivity index (χ2n) is 4.66. The third-order valence-electron chi connectivity index (χ3n) is 3.36. The van der Waals surface area contributed by atoms with E-state index in [2.05, 4.69) is 12.1 Å². The molecule has 1 aliphatic carbocycles. The maximum absolute atomic E-state index is 12.0. The molecule has 3 nitrogen and oxygen atoms in total. The van der Waals surface area contributed by atoms with Crippen LogP contribution in [0.2, 0.25) is 0 Å². The molecule has 1 aromatic rings. The Morgan fingerprint density at radius 2 is 2.06 bits per heavy atom. The van der Waals surface area contributed by atoms with Crippen molar-refractivity contribution in [2.45, 2.75) is 25.8 Å². The van der Waals surface area contributed by atoms with E-state index in [4.69, 9.17) is 5.73 Å². The summed E-state index contributed by atoms with van der Waals surface area (Å²) < 4.78 is 0. The lowest BCUT2D eigenvalue weighted by atomic mass is 10.1. The van der Waals surface area contributed by atoms with Crippen LogP contribution in [0.4, 0.5) is 0 Å². The number of hydrogen-bond donors (Lipinski definition) is 1. The third kappa shape index (κ3) is 3.07. The van der Waals surface area contributed by atoms with Gasteiger partial charge >= 0.3 is 0 Å². The number of amides is 1. The molecule has 0 aromatic heterocycles. The second-order valence-corrected chi connectivity index (χ2v) is 4.66. The SMILES string of the molecule is CCN(CCc1ccccc1)C(=O)C1CC1N. The maximum Gasteiger partial charge on any atom is 0.227 e. The van der Waals surface area contributed by atoms with Crippen LogP contribution in [0.1, 0.15) is 18.9 Å². The Bertz CT molecular complexity index is 377. The Labute approximate surface area is 103 Å². The monoisotopic (exact) mass is 232 g/mol. The molecular formula is C14H20N2O. The molecule has 2 N–H and O–H groups in total. The lowest BCUT2D eigenvalue weighted by Crippen LogP contribution is -2.35. The highest BCUT2D eigenvalue weighted by atomic mass is 16.2. The lowest BCUT2D eigenvalue weighted by molar-refractivity contribution is -0.132. The van der Waals surface area contributed by atoms with Gasteiger partial charge in [0.1, 0.15) is 0 Å². The molecule has 1 fully saturated rings. The molecule has 92 valence electrons. The van der Waals surface area contributed by atoms with E-state index in [1.807, 2.05) is 30.0 Å². The number of nitrogens with two attached hydrogens (primary N) is 1. The minimum atomic E-state index is 0.0886. The normalized spacial score (nSPS) is 22.2. The molecule has 0 heterocycles. The van der Waals surface area contributed by atoms with Crippen LogP contribution >= 0.6 is 0 Å². The Balaban J connectivity index is 1.85. The van der Waals surface area contributed by atoms with Crippen LogP contribution in [-0.4, -0.2) is 29.9 Å². The summed E-state index contributed by atoms with van der Waals surface area (Å²) in [6.07, 6.45) is 1.78. The van der Waals surface area contributed by atoms with Crippen LogP contribution in [0.3, 0.4) is 0 Å². The fourth-order valence-electron chi connectivity index (χ4n) is 2.07. The summed E-state index contributed by atoms with van der Waals surface area (Å²) in [5.74, 6) is 0.321. The molecule has 2 unspecified atom stereocenters. The van der Waals surface area contributed by atoms with E-state index in [9.17, 15) is 4.79 Å². The van der Waals surface area contributed by atoms with Gasteiger partial charge in [-0.2, -0.15) is 0 Å². The van der Waals surface area contributed by atoms with Crippen LogP contribution in [0.5, 0.6) is 0 Å². The minimum absolute atomic E-state index is 0.0886. The summed E-state index contributed by atoms with van der Waals surface area (Å²) >= 11 is 0. The summed E-state index contributed by atoms with van der Waals surface area (Å²) in [6.45, 7) is 3.59. The fourth-order valence-corrected chi connectivity index (χ4v) is 2.07. The van der Waals surface area contributed by atoms with Gasteiger partial charge in [-0.1, -0.05) is 30.3 Å². The third-order valence-corrected chi connectivity index (χ3v) is 3.36. The molecule has 0 radical (unpaired) electrons. The minimum Gasteiger partial charge on any atom is -0.342 e. The summed E-state index contributed by atoms with van der Waals surface area (Å²) in [7, 11) is 0. The summed E-state index contributed by atoms with van der Waals surface area (Å²) in [4.78, 5) is 13.9. The van der Waals surface area contributed by atoms with Gasteiger partial charge in [0.25, 0.3) is 0 Å². The molecule has 2 atom stereocenters. The summed E-state index contributed by atoms with van der Waals surface area (Å²) in [5.41, 5.74) is 7.00. The number of carbonyl (C=O) groups excluding carboxylic acids is 1. The predicted octanol–water partition coefficient (Wildman–Crippen LogP) is 1.42. The molecule has 2 rings (SSSR count). The van der Waals surface area contributed by atoms with Gasteiger partial charge in [0.2, 0.25) is 5.91 Å². The van der Waals surface area contributed by atoms with Crippen LogP contribution in [0, 0.1) is 5.92 Å². The molecule has 1 amide bonds. The van der Waals surface area contributed by atoms with Crippen molar-refractivity contribution in [1.82, 2.24) is 4.90 Å². The van der Waals surface area contributed by atoms with Crippen LogP contribution < -0.4 is 5.73 Å². The molecule has 1 aromatic carbocycles. The van der Waals surface area contributed by atoms with Crippen molar-refractivity contribution in [2.75, 3.05) is 13.1 Å². The Morgan fingerprint density at radius 3 is 2.59 bits per heavy atom. The van der Waals surface area contributed by atoms with Crippen molar-refractivity contribution >= 4 is 5.91 Å². The highest BCUT2D eigenvalue weighted by molar-refractivity contribution is 5.82. The Hall–Kier alpha value is -1.35.